The van der Waals surface area contributed by atoms with Gasteiger partial charge in [0.1, 0.15) is 5.75 Å². The molecule has 1 aliphatic heterocycles. The van der Waals surface area contributed by atoms with Crippen molar-refractivity contribution in [1.82, 2.24) is 14.8 Å². The van der Waals surface area contributed by atoms with E-state index in [1.165, 1.54) is 5.56 Å². The number of pyridine rings is 1. The van der Waals surface area contributed by atoms with Gasteiger partial charge in [-0.3, -0.25) is 9.69 Å². The van der Waals surface area contributed by atoms with Gasteiger partial charge in [-0.25, -0.2) is 0 Å². The molecule has 0 atom stereocenters. The molecular weight excluding hydrogens is 472 g/mol. The van der Waals surface area contributed by atoms with Gasteiger partial charge in [0, 0.05) is 42.9 Å². The molecule has 3 aromatic rings. The SMILES string of the molecule is CCOc1ccc(NC(=S)N(CCCN2CCOCC2)Cc2cc3cc(CC)ccc3[nH]c2=O)cc1. The van der Waals surface area contributed by atoms with Crippen molar-refractivity contribution in [2.24, 2.45) is 0 Å². The molecule has 0 spiro atoms. The first-order valence-corrected chi connectivity index (χ1v) is 13.2. The summed E-state index contributed by atoms with van der Waals surface area (Å²) in [5.41, 5.74) is 3.62. The molecule has 192 valence electrons. The number of nitrogens with zero attached hydrogens (tertiary/aromatic N) is 2. The Labute approximate surface area is 218 Å². The Balaban J connectivity index is 1.50. The summed E-state index contributed by atoms with van der Waals surface area (Å²) in [7, 11) is 0. The first kappa shape index (κ1) is 26.1. The molecule has 0 bridgehead atoms. The average Bonchev–Trinajstić information content (AvgIpc) is 2.90. The van der Waals surface area contributed by atoms with Gasteiger partial charge in [-0.2, -0.15) is 0 Å². The van der Waals surface area contributed by atoms with E-state index in [0.29, 0.717) is 23.8 Å². The van der Waals surface area contributed by atoms with E-state index in [1.807, 2.05) is 43.3 Å². The van der Waals surface area contributed by atoms with E-state index in [9.17, 15) is 4.79 Å². The topological polar surface area (TPSA) is 69.8 Å². The summed E-state index contributed by atoms with van der Waals surface area (Å²) in [4.78, 5) is 20.5. The minimum atomic E-state index is -0.0752. The number of anilines is 1. The number of benzene rings is 2. The summed E-state index contributed by atoms with van der Waals surface area (Å²) in [6.45, 7) is 10.4. The van der Waals surface area contributed by atoms with E-state index >= 15 is 0 Å². The molecule has 1 fully saturated rings. The first-order valence-electron chi connectivity index (χ1n) is 12.8. The standard InChI is InChI=1S/C28H36N4O3S/c1-3-21-6-11-26-22(18-21)19-23(27(33)30-26)20-32(13-5-12-31-14-16-34-17-15-31)28(36)29-24-7-9-25(10-8-24)35-4-2/h6-11,18-19H,3-5,12-17,20H2,1-2H3,(H,29,36)(H,30,33). The van der Waals surface area contributed by atoms with E-state index in [0.717, 1.165) is 74.6 Å². The third-order valence-electron chi connectivity index (χ3n) is 6.46. The quantitative estimate of drug-likeness (QED) is 0.393. The summed E-state index contributed by atoms with van der Waals surface area (Å²) in [5.74, 6) is 0.825. The zero-order chi connectivity index (χ0) is 25.3. The van der Waals surface area contributed by atoms with E-state index in [1.54, 1.807) is 0 Å². The van der Waals surface area contributed by atoms with Crippen molar-refractivity contribution in [3.63, 3.8) is 0 Å². The molecule has 7 nitrogen and oxygen atoms in total. The molecular formula is C28H36N4O3S. The van der Waals surface area contributed by atoms with Gasteiger partial charge in [-0.1, -0.05) is 13.0 Å². The maximum Gasteiger partial charge on any atom is 0.253 e. The van der Waals surface area contributed by atoms with Crippen LogP contribution in [0.1, 0.15) is 31.4 Å². The van der Waals surface area contributed by atoms with Crippen molar-refractivity contribution in [3.8, 4) is 5.75 Å². The number of aromatic nitrogens is 1. The second kappa shape index (κ2) is 12.9. The van der Waals surface area contributed by atoms with Gasteiger partial charge in [0.05, 0.1) is 26.4 Å². The van der Waals surface area contributed by atoms with Gasteiger partial charge in [-0.05, 0) is 85.4 Å². The molecule has 0 radical (unpaired) electrons. The molecule has 4 rings (SSSR count). The molecule has 2 aromatic carbocycles. The molecule has 2 heterocycles. The van der Waals surface area contributed by atoms with Crippen LogP contribution in [0.3, 0.4) is 0 Å². The highest BCUT2D eigenvalue weighted by molar-refractivity contribution is 7.80. The number of hydrogen-bond donors (Lipinski definition) is 2. The Morgan fingerprint density at radius 3 is 2.64 bits per heavy atom. The fourth-order valence-corrected chi connectivity index (χ4v) is 4.68. The van der Waals surface area contributed by atoms with Crippen molar-refractivity contribution in [1.29, 1.82) is 0 Å². The number of morpholine rings is 1. The van der Waals surface area contributed by atoms with Crippen LogP contribution in [0.25, 0.3) is 10.9 Å². The molecule has 0 unspecified atom stereocenters. The number of aromatic amines is 1. The maximum absolute atomic E-state index is 12.9. The van der Waals surface area contributed by atoms with Crippen LogP contribution in [0.15, 0.2) is 53.3 Å². The zero-order valence-electron chi connectivity index (χ0n) is 21.2. The highest BCUT2D eigenvalue weighted by Gasteiger charge is 2.16. The van der Waals surface area contributed by atoms with Crippen LogP contribution >= 0.6 is 12.2 Å². The van der Waals surface area contributed by atoms with E-state index in [2.05, 4.69) is 39.2 Å². The second-order valence-electron chi connectivity index (χ2n) is 9.02. The van der Waals surface area contributed by atoms with Crippen LogP contribution in [0.4, 0.5) is 5.69 Å². The molecule has 0 saturated carbocycles. The van der Waals surface area contributed by atoms with Gasteiger partial charge >= 0.3 is 0 Å². The first-order chi connectivity index (χ1) is 17.6. The molecule has 2 N–H and O–H groups in total. The van der Waals surface area contributed by atoms with Gasteiger partial charge in [-0.15, -0.1) is 0 Å². The third kappa shape index (κ3) is 7.06. The molecule has 0 amide bonds. The smallest absolute Gasteiger partial charge is 0.253 e. The number of hydrogen-bond acceptors (Lipinski definition) is 5. The molecule has 8 heteroatoms. The Bertz CT molecular complexity index is 1210. The van der Waals surface area contributed by atoms with Gasteiger partial charge in [0.25, 0.3) is 5.56 Å². The number of fused-ring (bicyclic) bond motifs is 1. The van der Waals surface area contributed by atoms with Crippen molar-refractivity contribution in [3.05, 3.63) is 70.0 Å². The van der Waals surface area contributed by atoms with E-state index in [-0.39, 0.29) is 5.56 Å². The maximum atomic E-state index is 12.9. The highest BCUT2D eigenvalue weighted by Crippen LogP contribution is 2.18. The van der Waals surface area contributed by atoms with Gasteiger partial charge in [0.15, 0.2) is 5.11 Å². The number of rotatable bonds is 10. The minimum absolute atomic E-state index is 0.0752. The third-order valence-corrected chi connectivity index (χ3v) is 6.83. The molecule has 1 aliphatic rings. The predicted octanol–water partition coefficient (Wildman–Crippen LogP) is 4.41. The summed E-state index contributed by atoms with van der Waals surface area (Å²) in [5, 5.41) is 4.99. The summed E-state index contributed by atoms with van der Waals surface area (Å²) >= 11 is 5.83. The Morgan fingerprint density at radius 2 is 1.92 bits per heavy atom. The molecule has 0 aliphatic carbocycles. The monoisotopic (exact) mass is 508 g/mol. The van der Waals surface area contributed by atoms with Gasteiger partial charge < -0.3 is 24.7 Å². The largest absolute Gasteiger partial charge is 0.494 e. The van der Waals surface area contributed by atoms with Crippen molar-refractivity contribution in [2.45, 2.75) is 33.2 Å². The van der Waals surface area contributed by atoms with Gasteiger partial charge in [0.2, 0.25) is 0 Å². The van der Waals surface area contributed by atoms with Crippen molar-refractivity contribution < 1.29 is 9.47 Å². The van der Waals surface area contributed by atoms with E-state index < -0.39 is 0 Å². The Hall–Kier alpha value is -2.94. The average molecular weight is 509 g/mol. The molecule has 36 heavy (non-hydrogen) atoms. The van der Waals surface area contributed by atoms with Crippen molar-refractivity contribution >= 4 is 33.9 Å². The molecule has 1 aromatic heterocycles. The second-order valence-corrected chi connectivity index (χ2v) is 9.40. The number of thiocarbonyl (C=S) groups is 1. The van der Waals surface area contributed by atoms with Crippen molar-refractivity contribution in [2.75, 3.05) is 51.3 Å². The normalized spacial score (nSPS) is 14.1. The number of ether oxygens (including phenoxy) is 2. The summed E-state index contributed by atoms with van der Waals surface area (Å²) in [6.07, 6.45) is 1.89. The predicted molar refractivity (Wildman–Crippen MR) is 150 cm³/mol. The fourth-order valence-electron chi connectivity index (χ4n) is 4.41. The van der Waals surface area contributed by atoms with Crippen LogP contribution in [-0.4, -0.2) is 65.9 Å². The van der Waals surface area contributed by atoms with Crippen LogP contribution < -0.4 is 15.6 Å². The lowest BCUT2D eigenvalue weighted by atomic mass is 10.1. The van der Waals surface area contributed by atoms with Crippen LogP contribution in [-0.2, 0) is 17.7 Å². The number of H-pyrrole nitrogens is 1. The summed E-state index contributed by atoms with van der Waals surface area (Å²) < 4.78 is 11.0. The Kier molecular flexibility index (Phi) is 9.33. The lowest BCUT2D eigenvalue weighted by molar-refractivity contribution is 0.0367. The van der Waals surface area contributed by atoms with Crippen LogP contribution in [0.5, 0.6) is 5.75 Å². The number of nitrogens with one attached hydrogen (secondary N) is 2. The fraction of sp³-hybridized carbons (Fsp3) is 0.429. The van der Waals surface area contributed by atoms with E-state index in [4.69, 9.17) is 21.7 Å². The summed E-state index contributed by atoms with van der Waals surface area (Å²) in [6, 6.07) is 16.0. The Morgan fingerprint density at radius 1 is 1.14 bits per heavy atom. The number of aryl methyl sites for hydroxylation is 1. The zero-order valence-corrected chi connectivity index (χ0v) is 22.0. The van der Waals surface area contributed by atoms with Crippen LogP contribution in [0, 0.1) is 0 Å². The highest BCUT2D eigenvalue weighted by atomic mass is 32.1. The van der Waals surface area contributed by atoms with Crippen LogP contribution in [0.2, 0.25) is 0 Å². The minimum Gasteiger partial charge on any atom is -0.494 e. The lowest BCUT2D eigenvalue weighted by Gasteiger charge is -2.29. The lowest BCUT2D eigenvalue weighted by Crippen LogP contribution is -2.40. The molecule has 1 saturated heterocycles.